The number of nitrogens with two attached hydrogens (primary N) is 1. The zero-order valence-corrected chi connectivity index (χ0v) is 17.8. The van der Waals surface area contributed by atoms with Crippen LogP contribution in [-0.2, 0) is 27.3 Å². The van der Waals surface area contributed by atoms with Crippen LogP contribution in [0.4, 0.5) is 5.69 Å². The number of amides is 2. The first kappa shape index (κ1) is 21.8. The van der Waals surface area contributed by atoms with Crippen molar-refractivity contribution in [3.05, 3.63) is 59.2 Å². The van der Waals surface area contributed by atoms with E-state index in [0.717, 1.165) is 22.4 Å². The van der Waals surface area contributed by atoms with Crippen LogP contribution in [0.3, 0.4) is 0 Å². The molecule has 2 heterocycles. The van der Waals surface area contributed by atoms with Crippen molar-refractivity contribution in [2.24, 2.45) is 10.7 Å². The molecule has 2 unspecified atom stereocenters. The molecule has 9 nitrogen and oxygen atoms in total. The third-order valence-electron chi connectivity index (χ3n) is 5.61. The molecule has 168 valence electrons. The Morgan fingerprint density at radius 2 is 2.12 bits per heavy atom. The van der Waals surface area contributed by atoms with Gasteiger partial charge in [0.25, 0.3) is 11.8 Å². The number of nitrogens with zero attached hydrogens (tertiary/aromatic N) is 2. The van der Waals surface area contributed by atoms with Crippen molar-refractivity contribution in [1.82, 2.24) is 4.90 Å². The quantitative estimate of drug-likeness (QED) is 0.609. The average Bonchev–Trinajstić information content (AvgIpc) is 2.80. The van der Waals surface area contributed by atoms with Crippen LogP contribution in [0, 0.1) is 0 Å². The Morgan fingerprint density at radius 1 is 1.34 bits per heavy atom. The summed E-state index contributed by atoms with van der Waals surface area (Å²) < 4.78 is 10.6. The van der Waals surface area contributed by atoms with Gasteiger partial charge in [-0.05, 0) is 47.9 Å². The van der Waals surface area contributed by atoms with Gasteiger partial charge < -0.3 is 30.5 Å². The number of fused-ring (bicyclic) bond motifs is 1. The number of carbonyl (C=O) groups excluding carboxylic acids is 2. The lowest BCUT2D eigenvalue weighted by molar-refractivity contribution is -0.166. The maximum absolute atomic E-state index is 12.9. The second-order valence-electron chi connectivity index (χ2n) is 7.72. The molecule has 32 heavy (non-hydrogen) atoms. The highest BCUT2D eigenvalue weighted by atomic mass is 16.5. The summed E-state index contributed by atoms with van der Waals surface area (Å²) in [7, 11) is 1.59. The average molecular weight is 438 g/mol. The van der Waals surface area contributed by atoms with Gasteiger partial charge in [0.05, 0.1) is 13.7 Å². The van der Waals surface area contributed by atoms with E-state index in [1.165, 1.54) is 0 Å². The zero-order chi connectivity index (χ0) is 22.7. The molecule has 0 spiro atoms. The zero-order valence-electron chi connectivity index (χ0n) is 17.8. The summed E-state index contributed by atoms with van der Waals surface area (Å²) in [5, 5.41) is 13.2. The summed E-state index contributed by atoms with van der Waals surface area (Å²) in [6, 6.07) is 12.7. The Morgan fingerprint density at radius 3 is 2.88 bits per heavy atom. The Balaban J connectivity index is 1.40. The van der Waals surface area contributed by atoms with E-state index in [9.17, 15) is 14.7 Å². The number of rotatable bonds is 6. The number of aliphatic hydroxyl groups excluding tert-OH is 1. The van der Waals surface area contributed by atoms with E-state index in [0.29, 0.717) is 37.6 Å². The summed E-state index contributed by atoms with van der Waals surface area (Å²) in [6.45, 7) is 1.55. The van der Waals surface area contributed by atoms with Crippen molar-refractivity contribution in [3.63, 3.8) is 0 Å². The summed E-state index contributed by atoms with van der Waals surface area (Å²) >= 11 is 0. The first-order chi connectivity index (χ1) is 15.5. The maximum Gasteiger partial charge on any atom is 0.256 e. The summed E-state index contributed by atoms with van der Waals surface area (Å²) in [5.41, 5.74) is 9.14. The number of anilines is 1. The van der Waals surface area contributed by atoms with Crippen molar-refractivity contribution in [3.8, 4) is 5.75 Å². The molecule has 0 aliphatic carbocycles. The van der Waals surface area contributed by atoms with Crippen LogP contribution in [0.25, 0.3) is 0 Å². The molecule has 0 bridgehead atoms. The summed E-state index contributed by atoms with van der Waals surface area (Å²) in [5.74, 6) is 0.0719. The highest BCUT2D eigenvalue weighted by Crippen LogP contribution is 2.21. The van der Waals surface area contributed by atoms with E-state index < -0.39 is 24.0 Å². The lowest BCUT2D eigenvalue weighted by Crippen LogP contribution is -2.54. The van der Waals surface area contributed by atoms with Crippen molar-refractivity contribution in [2.45, 2.75) is 25.2 Å². The number of hydrogen-bond acceptors (Lipinski definition) is 7. The predicted molar refractivity (Wildman–Crippen MR) is 119 cm³/mol. The van der Waals surface area contributed by atoms with E-state index in [4.69, 9.17) is 15.2 Å². The number of nitrogens with one attached hydrogen (secondary N) is 1. The highest BCUT2D eigenvalue weighted by molar-refractivity contribution is 6.01. The van der Waals surface area contributed by atoms with Crippen molar-refractivity contribution >= 4 is 23.3 Å². The van der Waals surface area contributed by atoms with Gasteiger partial charge in [0.15, 0.2) is 12.2 Å². The molecule has 0 aromatic heterocycles. The number of benzene rings is 2. The van der Waals surface area contributed by atoms with Gasteiger partial charge in [0.1, 0.15) is 11.6 Å². The molecule has 9 heteroatoms. The minimum atomic E-state index is -1.64. The molecule has 1 saturated heterocycles. The molecule has 4 rings (SSSR count). The van der Waals surface area contributed by atoms with Crippen LogP contribution in [0.15, 0.2) is 47.5 Å². The van der Waals surface area contributed by atoms with Crippen molar-refractivity contribution in [1.29, 1.82) is 0 Å². The van der Waals surface area contributed by atoms with Crippen LogP contribution in [-0.4, -0.2) is 66.7 Å². The Bertz CT molecular complexity index is 1040. The van der Waals surface area contributed by atoms with Gasteiger partial charge in [-0.15, -0.1) is 0 Å². The largest absolute Gasteiger partial charge is 0.497 e. The smallest absolute Gasteiger partial charge is 0.256 e. The third kappa shape index (κ3) is 4.58. The second kappa shape index (κ2) is 9.37. The van der Waals surface area contributed by atoms with Gasteiger partial charge in [0, 0.05) is 30.9 Å². The van der Waals surface area contributed by atoms with Crippen LogP contribution in [0.1, 0.15) is 16.7 Å². The molecular formula is C23H26N4O5. The summed E-state index contributed by atoms with van der Waals surface area (Å²) in [6.07, 6.45) is -2.18. The molecule has 2 atom stereocenters. The number of aliphatic hydroxyl groups is 1. The molecule has 2 aromatic rings. The van der Waals surface area contributed by atoms with Gasteiger partial charge in [-0.25, -0.2) is 0 Å². The van der Waals surface area contributed by atoms with E-state index in [1.807, 2.05) is 24.3 Å². The van der Waals surface area contributed by atoms with E-state index in [-0.39, 0.29) is 6.61 Å². The predicted octanol–water partition coefficient (Wildman–Crippen LogP) is 0.684. The maximum atomic E-state index is 12.9. The molecule has 0 saturated carbocycles. The molecule has 4 N–H and O–H groups in total. The number of ether oxygens (including phenoxy) is 2. The minimum Gasteiger partial charge on any atom is -0.497 e. The van der Waals surface area contributed by atoms with Crippen LogP contribution in [0.2, 0.25) is 0 Å². The SMILES string of the molecule is COc1ccc(CN2CCOC(C(O)C(=O)Nc3ccc4c(c3)CCN=C4N)C2=O)cc1. The second-order valence-corrected chi connectivity index (χ2v) is 7.72. The van der Waals surface area contributed by atoms with Crippen LogP contribution >= 0.6 is 0 Å². The topological polar surface area (TPSA) is 126 Å². The number of aliphatic imine (C=N–C) groups is 1. The monoisotopic (exact) mass is 438 g/mol. The molecule has 2 aromatic carbocycles. The van der Waals surface area contributed by atoms with Crippen LogP contribution < -0.4 is 15.8 Å². The molecular weight excluding hydrogens is 412 g/mol. The summed E-state index contributed by atoms with van der Waals surface area (Å²) in [4.78, 5) is 31.3. The van der Waals surface area contributed by atoms with Gasteiger partial charge >= 0.3 is 0 Å². The first-order valence-electron chi connectivity index (χ1n) is 10.4. The van der Waals surface area contributed by atoms with E-state index in [2.05, 4.69) is 10.3 Å². The molecule has 2 aliphatic heterocycles. The van der Waals surface area contributed by atoms with Gasteiger partial charge in [-0.3, -0.25) is 14.6 Å². The Labute approximate surface area is 185 Å². The fraction of sp³-hybridized carbons (Fsp3) is 0.348. The normalized spacial score (nSPS) is 19.1. The highest BCUT2D eigenvalue weighted by Gasteiger charge is 2.38. The molecule has 2 aliphatic rings. The molecule has 0 radical (unpaired) electrons. The standard InChI is InChI=1S/C23H26N4O5/c1-31-17-5-2-14(3-6-17)13-27-10-11-32-20(23(27)30)19(28)22(29)26-16-4-7-18-15(12-16)8-9-25-21(18)24/h2-7,12,19-20,28H,8-11,13H2,1H3,(H2,24,25)(H,26,29). The third-order valence-corrected chi connectivity index (χ3v) is 5.61. The number of hydrogen-bond donors (Lipinski definition) is 3. The number of amidine groups is 1. The lowest BCUT2D eigenvalue weighted by Gasteiger charge is -2.34. The lowest BCUT2D eigenvalue weighted by atomic mass is 10.0. The van der Waals surface area contributed by atoms with Crippen molar-refractivity contribution < 1.29 is 24.2 Å². The fourth-order valence-electron chi connectivity index (χ4n) is 3.85. The van der Waals surface area contributed by atoms with Gasteiger partial charge in [-0.1, -0.05) is 12.1 Å². The van der Waals surface area contributed by atoms with E-state index in [1.54, 1.807) is 30.2 Å². The number of carbonyl (C=O) groups is 2. The van der Waals surface area contributed by atoms with E-state index >= 15 is 0 Å². The number of morpholine rings is 1. The van der Waals surface area contributed by atoms with Crippen molar-refractivity contribution in [2.75, 3.05) is 32.1 Å². The molecule has 2 amide bonds. The van der Waals surface area contributed by atoms with Crippen LogP contribution in [0.5, 0.6) is 5.75 Å². The number of methoxy groups -OCH3 is 1. The fourth-order valence-corrected chi connectivity index (χ4v) is 3.85. The van der Waals surface area contributed by atoms with Gasteiger partial charge in [-0.2, -0.15) is 0 Å². The molecule has 1 fully saturated rings. The first-order valence-corrected chi connectivity index (χ1v) is 10.4. The Kier molecular flexibility index (Phi) is 6.38. The van der Waals surface area contributed by atoms with Gasteiger partial charge in [0.2, 0.25) is 0 Å². The minimum absolute atomic E-state index is 0.231. The Hall–Kier alpha value is -3.43.